The van der Waals surface area contributed by atoms with Crippen molar-refractivity contribution >= 4 is 33.5 Å². The van der Waals surface area contributed by atoms with E-state index in [1.165, 1.54) is 19.3 Å². The molecule has 0 unspecified atom stereocenters. The number of aliphatic imine (C=N–C) groups is 1. The van der Waals surface area contributed by atoms with Gasteiger partial charge in [0, 0.05) is 37.1 Å². The van der Waals surface area contributed by atoms with Crippen LogP contribution in [0.4, 0.5) is 11.4 Å². The van der Waals surface area contributed by atoms with Crippen molar-refractivity contribution in [1.29, 1.82) is 0 Å². The normalized spacial score (nSPS) is 18.4. The molecule has 4 rings (SSSR count). The maximum Gasteiger partial charge on any atom is 0.264 e. The molecule has 1 saturated carbocycles. The average Bonchev–Trinajstić information content (AvgIpc) is 3.14. The molecule has 0 atom stereocenters. The molecule has 2 aromatic carbocycles. The highest BCUT2D eigenvalue weighted by atomic mass is 32.2. The third-order valence-electron chi connectivity index (χ3n) is 7.13. The summed E-state index contributed by atoms with van der Waals surface area (Å²) in [6, 6.07) is 12.2. The number of nitrogens with one attached hydrogen (secondary N) is 2. The molecular formula is C28H38N4O3S. The first kappa shape index (κ1) is 26.4. The Balaban J connectivity index is 1.55. The van der Waals surface area contributed by atoms with Gasteiger partial charge in [0.05, 0.1) is 5.69 Å². The van der Waals surface area contributed by atoms with E-state index in [9.17, 15) is 13.2 Å². The predicted molar refractivity (Wildman–Crippen MR) is 146 cm³/mol. The summed E-state index contributed by atoms with van der Waals surface area (Å²) in [6.45, 7) is 4.90. The number of hydrogen-bond acceptors (Lipinski definition) is 5. The van der Waals surface area contributed by atoms with Crippen LogP contribution in [0.1, 0.15) is 80.1 Å². The quantitative estimate of drug-likeness (QED) is 0.504. The van der Waals surface area contributed by atoms with E-state index in [1.807, 2.05) is 24.0 Å². The zero-order valence-electron chi connectivity index (χ0n) is 21.2. The van der Waals surface area contributed by atoms with Gasteiger partial charge in [-0.1, -0.05) is 44.2 Å². The lowest BCUT2D eigenvalue weighted by atomic mass is 9.85. The lowest BCUT2D eigenvalue weighted by Gasteiger charge is -2.23. The van der Waals surface area contributed by atoms with Gasteiger partial charge in [-0.3, -0.25) is 14.5 Å². The molecule has 1 aliphatic heterocycles. The first-order chi connectivity index (χ1) is 17.5. The number of carbonyl (C=O) groups is 1. The number of hydrogen-bond donors (Lipinski definition) is 2. The van der Waals surface area contributed by atoms with Crippen LogP contribution in [-0.4, -0.2) is 51.6 Å². The molecule has 2 aromatic rings. The maximum atomic E-state index is 13.5. The van der Waals surface area contributed by atoms with Crippen LogP contribution in [0, 0.1) is 0 Å². The Labute approximate surface area is 215 Å². The number of amides is 1. The Morgan fingerprint density at radius 3 is 2.42 bits per heavy atom. The number of para-hydroxylation sites is 1. The van der Waals surface area contributed by atoms with E-state index in [-0.39, 0.29) is 10.8 Å². The van der Waals surface area contributed by atoms with Crippen LogP contribution in [0.3, 0.4) is 0 Å². The van der Waals surface area contributed by atoms with Crippen molar-refractivity contribution in [3.05, 3.63) is 53.6 Å². The average molecular weight is 511 g/mol. The lowest BCUT2D eigenvalue weighted by molar-refractivity contribution is 0.0766. The number of anilines is 1. The van der Waals surface area contributed by atoms with Gasteiger partial charge in [-0.25, -0.2) is 8.42 Å². The van der Waals surface area contributed by atoms with Crippen LogP contribution in [0.5, 0.6) is 0 Å². The highest BCUT2D eigenvalue weighted by Gasteiger charge is 2.25. The van der Waals surface area contributed by atoms with E-state index in [2.05, 4.69) is 15.0 Å². The Kier molecular flexibility index (Phi) is 9.15. The molecule has 1 amide bonds. The summed E-state index contributed by atoms with van der Waals surface area (Å²) >= 11 is 0. The van der Waals surface area contributed by atoms with Gasteiger partial charge in [-0.2, -0.15) is 0 Å². The second-order valence-corrected chi connectivity index (χ2v) is 11.4. The largest absolute Gasteiger partial charge is 0.337 e. The third-order valence-corrected chi connectivity index (χ3v) is 8.55. The summed E-state index contributed by atoms with van der Waals surface area (Å²) in [5, 5.41) is 3.30. The maximum absolute atomic E-state index is 13.5. The van der Waals surface area contributed by atoms with Crippen molar-refractivity contribution in [2.24, 2.45) is 4.99 Å². The van der Waals surface area contributed by atoms with Crippen molar-refractivity contribution in [3.63, 3.8) is 0 Å². The number of nitrogens with zero attached hydrogens (tertiary/aromatic N) is 2. The van der Waals surface area contributed by atoms with Crippen molar-refractivity contribution < 1.29 is 13.2 Å². The van der Waals surface area contributed by atoms with Crippen LogP contribution in [0.25, 0.3) is 0 Å². The molecule has 1 saturated heterocycles. The third kappa shape index (κ3) is 6.53. The molecule has 1 aliphatic carbocycles. The van der Waals surface area contributed by atoms with E-state index < -0.39 is 10.0 Å². The smallest absolute Gasteiger partial charge is 0.264 e. The Hall–Kier alpha value is -2.71. The molecule has 0 bridgehead atoms. The second-order valence-electron chi connectivity index (χ2n) is 9.70. The Morgan fingerprint density at radius 2 is 1.69 bits per heavy atom. The predicted octanol–water partition coefficient (Wildman–Crippen LogP) is 5.47. The minimum absolute atomic E-state index is 0.0282. The number of rotatable bonds is 6. The van der Waals surface area contributed by atoms with Crippen molar-refractivity contribution in [1.82, 2.24) is 10.2 Å². The van der Waals surface area contributed by atoms with Crippen LogP contribution in [-0.2, 0) is 10.0 Å². The summed E-state index contributed by atoms with van der Waals surface area (Å²) in [4.78, 5) is 19.4. The first-order valence-corrected chi connectivity index (χ1v) is 14.7. The van der Waals surface area contributed by atoms with Gasteiger partial charge in [0.2, 0.25) is 0 Å². The molecule has 7 nitrogen and oxygen atoms in total. The molecule has 36 heavy (non-hydrogen) atoms. The van der Waals surface area contributed by atoms with Crippen molar-refractivity contribution in [3.8, 4) is 0 Å². The van der Waals surface area contributed by atoms with Gasteiger partial charge in [-0.15, -0.1) is 0 Å². The SMILES string of the molecule is CC=Nc1c(C2CCCCCCC2)cccc1S(=O)(=O)Nc1ccc(C(=O)N2CCCNCC2)cc1. The standard InChI is InChI=1S/C28H38N4O3S/c1-2-30-27-25(22-10-6-4-3-5-7-11-22)12-8-13-26(27)36(34,35)31-24-16-14-23(15-17-24)28(33)32-20-9-18-29-19-21-32/h2,8,12-17,22,29,31H,3-7,9-11,18-21H2,1H3. The second kappa shape index (κ2) is 12.5. The summed E-state index contributed by atoms with van der Waals surface area (Å²) in [5.41, 5.74) is 2.54. The summed E-state index contributed by atoms with van der Waals surface area (Å²) in [5.74, 6) is 0.290. The van der Waals surface area contributed by atoms with Crippen LogP contribution < -0.4 is 10.0 Å². The molecule has 8 heteroatoms. The molecule has 2 N–H and O–H groups in total. The van der Waals surface area contributed by atoms with Gasteiger partial charge in [0.1, 0.15) is 4.90 Å². The molecule has 0 spiro atoms. The number of carbonyl (C=O) groups excluding carboxylic acids is 1. The van der Waals surface area contributed by atoms with Crippen LogP contribution >= 0.6 is 0 Å². The van der Waals surface area contributed by atoms with E-state index in [1.54, 1.807) is 36.5 Å². The summed E-state index contributed by atoms with van der Waals surface area (Å²) < 4.78 is 29.7. The van der Waals surface area contributed by atoms with Gasteiger partial charge in [-0.05, 0) is 74.5 Å². The molecule has 0 aromatic heterocycles. The fraction of sp³-hybridized carbons (Fsp3) is 0.500. The van der Waals surface area contributed by atoms with Gasteiger partial charge in [0.25, 0.3) is 15.9 Å². The number of sulfonamides is 1. The molecule has 2 aliphatic rings. The van der Waals surface area contributed by atoms with E-state index in [4.69, 9.17) is 0 Å². The minimum atomic E-state index is -3.87. The summed E-state index contributed by atoms with van der Waals surface area (Å²) in [7, 11) is -3.87. The number of benzene rings is 2. The molecule has 2 fully saturated rings. The topological polar surface area (TPSA) is 90.9 Å². The highest BCUT2D eigenvalue weighted by Crippen LogP contribution is 2.39. The highest BCUT2D eigenvalue weighted by molar-refractivity contribution is 7.92. The zero-order valence-corrected chi connectivity index (χ0v) is 22.0. The Morgan fingerprint density at radius 1 is 0.972 bits per heavy atom. The monoisotopic (exact) mass is 510 g/mol. The van der Waals surface area contributed by atoms with E-state index in [0.29, 0.717) is 29.4 Å². The zero-order chi connectivity index (χ0) is 25.4. The Bertz CT molecular complexity index is 1150. The van der Waals surface area contributed by atoms with Gasteiger partial charge >= 0.3 is 0 Å². The van der Waals surface area contributed by atoms with Crippen molar-refractivity contribution in [2.45, 2.75) is 69.1 Å². The van der Waals surface area contributed by atoms with Crippen LogP contribution in [0.15, 0.2) is 52.4 Å². The fourth-order valence-corrected chi connectivity index (χ4v) is 6.48. The van der Waals surface area contributed by atoms with E-state index in [0.717, 1.165) is 57.3 Å². The molecule has 1 heterocycles. The fourth-order valence-electron chi connectivity index (χ4n) is 5.24. The van der Waals surface area contributed by atoms with E-state index >= 15 is 0 Å². The minimum Gasteiger partial charge on any atom is -0.337 e. The lowest BCUT2D eigenvalue weighted by Crippen LogP contribution is -2.34. The van der Waals surface area contributed by atoms with Gasteiger partial charge < -0.3 is 10.2 Å². The molecular weight excluding hydrogens is 472 g/mol. The first-order valence-electron chi connectivity index (χ1n) is 13.2. The van der Waals surface area contributed by atoms with Crippen LogP contribution in [0.2, 0.25) is 0 Å². The van der Waals surface area contributed by atoms with Gasteiger partial charge in [0.15, 0.2) is 0 Å². The molecule has 194 valence electrons. The molecule has 0 radical (unpaired) electrons. The summed E-state index contributed by atoms with van der Waals surface area (Å²) in [6.07, 6.45) is 10.8. The van der Waals surface area contributed by atoms with Crippen molar-refractivity contribution in [2.75, 3.05) is 30.9 Å².